The Morgan fingerprint density at radius 1 is 1.46 bits per heavy atom. The summed E-state index contributed by atoms with van der Waals surface area (Å²) in [7, 11) is -4.56. The van der Waals surface area contributed by atoms with Crippen LogP contribution >= 0.6 is 0 Å². The first kappa shape index (κ1) is 12.8. The Balaban J connectivity index is 3.55. The molecule has 0 spiro atoms. The maximum atomic E-state index is 10.2. The molecule has 1 unspecified atom stereocenters. The molecule has 0 rings (SSSR count). The van der Waals surface area contributed by atoms with Crippen molar-refractivity contribution in [2.45, 2.75) is 25.7 Å². The highest BCUT2D eigenvalue weighted by Gasteiger charge is 2.10. The van der Waals surface area contributed by atoms with Gasteiger partial charge in [-0.1, -0.05) is 13.8 Å². The third-order valence-electron chi connectivity index (χ3n) is 1.55. The average Bonchev–Trinajstić information content (AvgIpc) is 1.95. The van der Waals surface area contributed by atoms with Gasteiger partial charge in [-0.05, 0) is 18.9 Å². The number of hydrogen-bond donors (Lipinski definition) is 2. The van der Waals surface area contributed by atoms with Crippen molar-refractivity contribution in [3.05, 3.63) is 0 Å². The summed E-state index contributed by atoms with van der Waals surface area (Å²) < 4.78 is 30.6. The fourth-order valence-electron chi connectivity index (χ4n) is 0.718. The highest BCUT2D eigenvalue weighted by atomic mass is 32.2. The van der Waals surface area contributed by atoms with Crippen LogP contribution in [0.25, 0.3) is 0 Å². The van der Waals surface area contributed by atoms with Gasteiger partial charge in [0.2, 0.25) is 0 Å². The predicted octanol–water partition coefficient (Wildman–Crippen LogP) is -0.514. The summed E-state index contributed by atoms with van der Waals surface area (Å²) in [6.45, 7) is 4.47. The van der Waals surface area contributed by atoms with Gasteiger partial charge in [-0.15, -0.1) is 0 Å². The van der Waals surface area contributed by atoms with Gasteiger partial charge in [0.25, 0.3) is 0 Å². The molecule has 0 saturated carbocycles. The summed E-state index contributed by atoms with van der Waals surface area (Å²) in [6.07, 6.45) is 0.881. The third-order valence-corrected chi connectivity index (χ3v) is 2.38. The van der Waals surface area contributed by atoms with Crippen LogP contribution in [0.3, 0.4) is 0 Å². The molecule has 13 heavy (non-hydrogen) atoms. The van der Waals surface area contributed by atoms with E-state index in [1.54, 1.807) is 0 Å². The zero-order valence-electron chi connectivity index (χ0n) is 7.86. The Kier molecular flexibility index (Phi) is 5.46. The highest BCUT2D eigenvalue weighted by molar-refractivity contribution is 7.86. The van der Waals surface area contributed by atoms with Crippen LogP contribution in [-0.2, 0) is 10.1 Å². The van der Waals surface area contributed by atoms with E-state index in [1.807, 2.05) is 13.8 Å². The van der Waals surface area contributed by atoms with Crippen molar-refractivity contribution in [1.29, 1.82) is 0 Å². The van der Waals surface area contributed by atoms with Gasteiger partial charge in [-0.3, -0.25) is 0 Å². The Morgan fingerprint density at radius 2 is 2.00 bits per heavy atom. The van der Waals surface area contributed by atoms with Crippen LogP contribution in [0.2, 0.25) is 0 Å². The van der Waals surface area contributed by atoms with Crippen LogP contribution in [0.5, 0.6) is 0 Å². The van der Waals surface area contributed by atoms with Crippen molar-refractivity contribution in [3.8, 4) is 0 Å². The number of aliphatic hydroxyl groups is 1. The maximum Gasteiger partial charge on any atom is 0.155 e. The molecular weight excluding hydrogens is 194 g/mol. The maximum absolute atomic E-state index is 10.2. The minimum absolute atomic E-state index is 0.196. The van der Waals surface area contributed by atoms with Gasteiger partial charge in [-0.25, -0.2) is 8.42 Å². The molecule has 5 nitrogen and oxygen atoms in total. The lowest BCUT2D eigenvalue weighted by Gasteiger charge is -2.15. The molecule has 2 N–H and O–H groups in total. The van der Waals surface area contributed by atoms with Crippen molar-refractivity contribution in [3.63, 3.8) is 0 Å². The lowest BCUT2D eigenvalue weighted by atomic mass is 10.1. The zero-order chi connectivity index (χ0) is 10.5. The topological polar surface area (TPSA) is 89.5 Å². The summed E-state index contributed by atoms with van der Waals surface area (Å²) in [5.74, 6) is 0.508. The van der Waals surface area contributed by atoms with Gasteiger partial charge in [0.1, 0.15) is 10.1 Å². The quantitative estimate of drug-likeness (QED) is 0.455. The lowest BCUT2D eigenvalue weighted by Crippen LogP contribution is -2.33. The molecule has 0 saturated heterocycles. The van der Waals surface area contributed by atoms with Crippen LogP contribution < -0.4 is 5.32 Å². The molecule has 0 aliphatic carbocycles. The third kappa shape index (κ3) is 6.94. The molecule has 0 amide bonds. The fourth-order valence-corrected chi connectivity index (χ4v) is 1.04. The first-order valence-corrected chi connectivity index (χ1v) is 5.64. The minimum Gasteiger partial charge on any atom is -0.746 e. The van der Waals surface area contributed by atoms with Crippen molar-refractivity contribution in [1.82, 2.24) is 5.32 Å². The van der Waals surface area contributed by atoms with Crippen molar-refractivity contribution in [2.24, 2.45) is 5.92 Å². The van der Waals surface area contributed by atoms with Crippen LogP contribution in [0.1, 0.15) is 20.3 Å². The standard InChI is InChI=1S/C7H17NO4S/c1-6(2)3-4-8-5-7(9)13(10,11)12/h6-9H,3-5H2,1-2H3,(H,10,11,12)/p-1. The molecule has 0 aromatic carbocycles. The van der Waals surface area contributed by atoms with E-state index in [9.17, 15) is 13.0 Å². The van der Waals surface area contributed by atoms with Crippen molar-refractivity contribution < 1.29 is 18.1 Å². The first-order chi connectivity index (χ1) is 5.84. The molecule has 0 aliphatic heterocycles. The fraction of sp³-hybridized carbons (Fsp3) is 1.00. The predicted molar refractivity (Wildman–Crippen MR) is 48.0 cm³/mol. The van der Waals surface area contributed by atoms with Gasteiger partial charge in [0, 0.05) is 6.54 Å². The van der Waals surface area contributed by atoms with Gasteiger partial charge >= 0.3 is 0 Å². The van der Waals surface area contributed by atoms with Gasteiger partial charge in [0.05, 0.1) is 0 Å². The largest absolute Gasteiger partial charge is 0.746 e. The van der Waals surface area contributed by atoms with E-state index in [1.165, 1.54) is 0 Å². The minimum atomic E-state index is -4.56. The van der Waals surface area contributed by atoms with E-state index in [-0.39, 0.29) is 6.54 Å². The Bertz CT molecular complexity index is 225. The molecule has 0 aromatic heterocycles. The Morgan fingerprint density at radius 3 is 2.38 bits per heavy atom. The second-order valence-electron chi connectivity index (χ2n) is 3.33. The molecule has 1 atom stereocenters. The summed E-state index contributed by atoms with van der Waals surface area (Å²) in [4.78, 5) is 0. The highest BCUT2D eigenvalue weighted by Crippen LogP contribution is 1.97. The summed E-state index contributed by atoms with van der Waals surface area (Å²) >= 11 is 0. The Hall–Kier alpha value is -0.170. The second-order valence-corrected chi connectivity index (χ2v) is 4.86. The number of aliphatic hydroxyl groups excluding tert-OH is 1. The second kappa shape index (κ2) is 5.54. The molecule has 0 aliphatic rings. The van der Waals surface area contributed by atoms with E-state index < -0.39 is 15.6 Å². The Labute approximate surface area is 78.9 Å². The smallest absolute Gasteiger partial charge is 0.155 e. The molecule has 0 heterocycles. The van der Waals surface area contributed by atoms with Crippen LogP contribution in [0.15, 0.2) is 0 Å². The first-order valence-electron chi connectivity index (χ1n) is 4.17. The number of nitrogens with one attached hydrogen (secondary N) is 1. The molecule has 6 heteroatoms. The van der Waals surface area contributed by atoms with Crippen molar-refractivity contribution in [2.75, 3.05) is 13.1 Å². The SMILES string of the molecule is CC(C)CCNCC(O)S(=O)(=O)[O-]. The summed E-state index contributed by atoms with van der Waals surface area (Å²) in [5.41, 5.74) is -1.83. The summed E-state index contributed by atoms with van der Waals surface area (Å²) in [6, 6.07) is 0. The molecule has 0 bridgehead atoms. The van der Waals surface area contributed by atoms with Crippen molar-refractivity contribution >= 4 is 10.1 Å². The van der Waals surface area contributed by atoms with Crippen LogP contribution in [0.4, 0.5) is 0 Å². The number of hydrogen-bond acceptors (Lipinski definition) is 5. The summed E-state index contributed by atoms with van der Waals surface area (Å²) in [5, 5.41) is 11.5. The zero-order valence-corrected chi connectivity index (χ0v) is 8.67. The number of rotatable bonds is 6. The van der Waals surface area contributed by atoms with Gasteiger partial charge < -0.3 is 15.0 Å². The van der Waals surface area contributed by atoms with Crippen LogP contribution in [-0.4, -0.2) is 36.6 Å². The molecular formula is C7H16NO4S-. The molecule has 80 valence electrons. The molecule has 0 radical (unpaired) electrons. The molecule has 0 fully saturated rings. The average molecular weight is 210 g/mol. The van der Waals surface area contributed by atoms with E-state index in [0.717, 1.165) is 6.42 Å². The van der Waals surface area contributed by atoms with Crippen LogP contribution in [0, 0.1) is 5.92 Å². The monoisotopic (exact) mass is 210 g/mol. The van der Waals surface area contributed by atoms with E-state index >= 15 is 0 Å². The lowest BCUT2D eigenvalue weighted by molar-refractivity contribution is 0.226. The van der Waals surface area contributed by atoms with E-state index in [2.05, 4.69) is 5.32 Å². The van der Waals surface area contributed by atoms with E-state index in [4.69, 9.17) is 5.11 Å². The van der Waals surface area contributed by atoms with Gasteiger partial charge in [-0.2, -0.15) is 0 Å². The molecule has 0 aromatic rings. The van der Waals surface area contributed by atoms with Gasteiger partial charge in [0.15, 0.2) is 5.44 Å². The normalized spacial score (nSPS) is 14.8. The van der Waals surface area contributed by atoms with E-state index in [0.29, 0.717) is 12.5 Å².